The van der Waals surface area contributed by atoms with Crippen molar-refractivity contribution in [1.29, 1.82) is 0 Å². The molecular formula is C11H22N2O3. The van der Waals surface area contributed by atoms with E-state index in [-0.39, 0.29) is 18.9 Å². The molecule has 0 aromatic heterocycles. The summed E-state index contributed by atoms with van der Waals surface area (Å²) in [6, 6.07) is 0. The predicted molar refractivity (Wildman–Crippen MR) is 62.3 cm³/mol. The Kier molecular flexibility index (Phi) is 8.52. The van der Waals surface area contributed by atoms with Crippen LogP contribution in [-0.2, 0) is 9.59 Å². The highest BCUT2D eigenvalue weighted by atomic mass is 16.4. The SMILES string of the molecule is CCCCCN(CCC(=O)O)CC(=O)NC. The third-order valence-electron chi connectivity index (χ3n) is 2.37. The Balaban J connectivity index is 3.94. The largest absolute Gasteiger partial charge is 0.481 e. The number of unbranched alkanes of at least 4 members (excludes halogenated alkanes) is 2. The highest BCUT2D eigenvalue weighted by Crippen LogP contribution is 1.99. The fraction of sp³-hybridized carbons (Fsp3) is 0.818. The molecule has 0 unspecified atom stereocenters. The monoisotopic (exact) mass is 230 g/mol. The Labute approximate surface area is 96.8 Å². The van der Waals surface area contributed by atoms with E-state index in [1.165, 1.54) is 0 Å². The molecule has 0 aliphatic carbocycles. The summed E-state index contributed by atoms with van der Waals surface area (Å²) in [4.78, 5) is 23.6. The predicted octanol–water partition coefficient (Wildman–Crippen LogP) is 0.699. The molecule has 0 spiro atoms. The number of rotatable bonds is 9. The average Bonchev–Trinajstić information content (AvgIpc) is 2.25. The van der Waals surface area contributed by atoms with Gasteiger partial charge in [-0.05, 0) is 13.0 Å². The van der Waals surface area contributed by atoms with Gasteiger partial charge in [0.15, 0.2) is 0 Å². The molecule has 0 aromatic rings. The van der Waals surface area contributed by atoms with Gasteiger partial charge >= 0.3 is 5.97 Å². The van der Waals surface area contributed by atoms with Crippen LogP contribution in [0.15, 0.2) is 0 Å². The second-order valence-electron chi connectivity index (χ2n) is 3.80. The van der Waals surface area contributed by atoms with E-state index in [2.05, 4.69) is 12.2 Å². The summed E-state index contributed by atoms with van der Waals surface area (Å²) in [6.45, 7) is 3.62. The van der Waals surface area contributed by atoms with E-state index in [1.807, 2.05) is 4.90 Å². The summed E-state index contributed by atoms with van der Waals surface area (Å²) in [6.07, 6.45) is 3.32. The summed E-state index contributed by atoms with van der Waals surface area (Å²) < 4.78 is 0. The molecule has 2 N–H and O–H groups in total. The standard InChI is InChI=1S/C11H22N2O3/c1-3-4-5-7-13(8-6-11(15)16)9-10(14)12-2/h3-9H2,1-2H3,(H,12,14)(H,15,16). The highest BCUT2D eigenvalue weighted by Gasteiger charge is 2.10. The molecule has 0 bridgehead atoms. The number of aliphatic carboxylic acids is 1. The van der Waals surface area contributed by atoms with E-state index in [0.29, 0.717) is 6.54 Å². The molecule has 0 rings (SSSR count). The molecule has 16 heavy (non-hydrogen) atoms. The number of hydrogen-bond acceptors (Lipinski definition) is 3. The number of nitrogens with zero attached hydrogens (tertiary/aromatic N) is 1. The number of carbonyl (C=O) groups excluding carboxylic acids is 1. The summed E-state index contributed by atoms with van der Waals surface area (Å²) in [5, 5.41) is 11.1. The third-order valence-corrected chi connectivity index (χ3v) is 2.37. The smallest absolute Gasteiger partial charge is 0.304 e. The van der Waals surface area contributed by atoms with E-state index in [0.717, 1.165) is 25.8 Å². The zero-order valence-electron chi connectivity index (χ0n) is 10.2. The van der Waals surface area contributed by atoms with Crippen LogP contribution >= 0.6 is 0 Å². The van der Waals surface area contributed by atoms with Crippen molar-refractivity contribution in [3.05, 3.63) is 0 Å². The second-order valence-corrected chi connectivity index (χ2v) is 3.80. The van der Waals surface area contributed by atoms with Gasteiger partial charge in [0.1, 0.15) is 0 Å². The van der Waals surface area contributed by atoms with Gasteiger partial charge in [0.05, 0.1) is 13.0 Å². The maximum absolute atomic E-state index is 11.2. The lowest BCUT2D eigenvalue weighted by atomic mass is 10.2. The number of nitrogens with one attached hydrogen (secondary N) is 1. The summed E-state index contributed by atoms with van der Waals surface area (Å²) in [7, 11) is 1.59. The summed E-state index contributed by atoms with van der Waals surface area (Å²) in [5.41, 5.74) is 0. The molecule has 0 heterocycles. The average molecular weight is 230 g/mol. The zero-order chi connectivity index (χ0) is 12.4. The third kappa shape index (κ3) is 8.23. The van der Waals surface area contributed by atoms with Gasteiger partial charge in [0.2, 0.25) is 5.91 Å². The van der Waals surface area contributed by atoms with Crippen LogP contribution in [0.3, 0.4) is 0 Å². The van der Waals surface area contributed by atoms with Crippen LogP contribution in [0.2, 0.25) is 0 Å². The van der Waals surface area contributed by atoms with Crippen molar-refractivity contribution in [3.8, 4) is 0 Å². The Morgan fingerprint density at radius 1 is 1.25 bits per heavy atom. The molecule has 0 aliphatic rings. The number of carboxylic acids is 1. The lowest BCUT2D eigenvalue weighted by molar-refractivity contribution is -0.137. The van der Waals surface area contributed by atoms with Crippen molar-refractivity contribution >= 4 is 11.9 Å². The van der Waals surface area contributed by atoms with Crippen molar-refractivity contribution in [1.82, 2.24) is 10.2 Å². The molecule has 94 valence electrons. The molecule has 0 aromatic carbocycles. The van der Waals surface area contributed by atoms with Gasteiger partial charge in [-0.2, -0.15) is 0 Å². The summed E-state index contributed by atoms with van der Waals surface area (Å²) in [5.74, 6) is -0.890. The number of carbonyl (C=O) groups is 2. The normalized spacial score (nSPS) is 10.4. The van der Waals surface area contributed by atoms with Crippen molar-refractivity contribution < 1.29 is 14.7 Å². The first-order valence-electron chi connectivity index (χ1n) is 5.74. The zero-order valence-corrected chi connectivity index (χ0v) is 10.2. The molecule has 0 atom stereocenters. The van der Waals surface area contributed by atoms with Gasteiger partial charge in [0.25, 0.3) is 0 Å². The van der Waals surface area contributed by atoms with Crippen LogP contribution in [0, 0.1) is 0 Å². The minimum atomic E-state index is -0.822. The van der Waals surface area contributed by atoms with Crippen molar-refractivity contribution in [2.45, 2.75) is 32.6 Å². The minimum absolute atomic E-state index is 0.0677. The van der Waals surface area contributed by atoms with Crippen LogP contribution in [-0.4, -0.2) is 48.6 Å². The topological polar surface area (TPSA) is 69.6 Å². The Morgan fingerprint density at radius 2 is 1.94 bits per heavy atom. The van der Waals surface area contributed by atoms with Gasteiger partial charge in [-0.25, -0.2) is 0 Å². The molecule has 5 heteroatoms. The van der Waals surface area contributed by atoms with Crippen LogP contribution in [0.25, 0.3) is 0 Å². The second kappa shape index (κ2) is 9.15. The molecule has 0 radical (unpaired) electrons. The highest BCUT2D eigenvalue weighted by molar-refractivity contribution is 5.77. The molecule has 1 amide bonds. The number of carboxylic acid groups (broad SMARTS) is 1. The van der Waals surface area contributed by atoms with Crippen molar-refractivity contribution in [2.24, 2.45) is 0 Å². The number of likely N-dealkylation sites (N-methyl/N-ethyl adjacent to an activating group) is 1. The molecule has 0 fully saturated rings. The minimum Gasteiger partial charge on any atom is -0.481 e. The van der Waals surface area contributed by atoms with Gasteiger partial charge in [0, 0.05) is 13.6 Å². The Morgan fingerprint density at radius 3 is 2.44 bits per heavy atom. The first-order valence-corrected chi connectivity index (χ1v) is 5.74. The van der Waals surface area contributed by atoms with Crippen LogP contribution in [0.1, 0.15) is 32.6 Å². The molecular weight excluding hydrogens is 208 g/mol. The molecule has 0 aliphatic heterocycles. The first kappa shape index (κ1) is 14.9. The van der Waals surface area contributed by atoms with Gasteiger partial charge in [-0.3, -0.25) is 14.5 Å². The lowest BCUT2D eigenvalue weighted by Crippen LogP contribution is -2.37. The molecule has 0 saturated heterocycles. The quantitative estimate of drug-likeness (QED) is 0.572. The van der Waals surface area contributed by atoms with E-state index in [9.17, 15) is 9.59 Å². The van der Waals surface area contributed by atoms with Crippen LogP contribution in [0.5, 0.6) is 0 Å². The van der Waals surface area contributed by atoms with E-state index < -0.39 is 5.97 Å². The first-order chi connectivity index (χ1) is 7.60. The van der Waals surface area contributed by atoms with E-state index in [4.69, 9.17) is 5.11 Å². The van der Waals surface area contributed by atoms with E-state index in [1.54, 1.807) is 7.05 Å². The summed E-state index contributed by atoms with van der Waals surface area (Å²) >= 11 is 0. The Bertz CT molecular complexity index is 219. The number of amides is 1. The fourth-order valence-corrected chi connectivity index (χ4v) is 1.39. The van der Waals surface area contributed by atoms with Gasteiger partial charge in [-0.15, -0.1) is 0 Å². The van der Waals surface area contributed by atoms with Crippen LogP contribution in [0.4, 0.5) is 0 Å². The maximum Gasteiger partial charge on any atom is 0.304 e. The maximum atomic E-state index is 11.2. The molecule has 0 saturated carbocycles. The fourth-order valence-electron chi connectivity index (χ4n) is 1.39. The number of hydrogen-bond donors (Lipinski definition) is 2. The van der Waals surface area contributed by atoms with Crippen molar-refractivity contribution in [2.75, 3.05) is 26.7 Å². The van der Waals surface area contributed by atoms with Gasteiger partial charge < -0.3 is 10.4 Å². The van der Waals surface area contributed by atoms with Crippen LogP contribution < -0.4 is 5.32 Å². The van der Waals surface area contributed by atoms with Gasteiger partial charge in [-0.1, -0.05) is 19.8 Å². The van der Waals surface area contributed by atoms with Crippen molar-refractivity contribution in [3.63, 3.8) is 0 Å². The van der Waals surface area contributed by atoms with E-state index >= 15 is 0 Å². The Hall–Kier alpha value is -1.10. The lowest BCUT2D eigenvalue weighted by Gasteiger charge is -2.20. The molecule has 5 nitrogen and oxygen atoms in total.